The third kappa shape index (κ3) is 22.9. The number of rotatable bonds is 31. The Bertz CT molecular complexity index is 1290. The lowest BCUT2D eigenvalue weighted by atomic mass is 9.87. The van der Waals surface area contributed by atoms with Crippen molar-refractivity contribution in [1.82, 2.24) is 26.2 Å². The molecule has 22 heteroatoms. The maximum Gasteiger partial charge on any atom is 0.237 e. The molecule has 1 aromatic carbocycles. The molecule has 2 atom stereocenters. The van der Waals surface area contributed by atoms with Gasteiger partial charge in [0.15, 0.2) is 6.49 Å². The van der Waals surface area contributed by atoms with E-state index in [1.165, 1.54) is 11.6 Å². The monoisotopic (exact) mass is 836 g/mol. The van der Waals surface area contributed by atoms with Crippen LogP contribution in [0.1, 0.15) is 36.8 Å². The zero-order valence-corrected chi connectivity index (χ0v) is 33.9. The van der Waals surface area contributed by atoms with Crippen molar-refractivity contribution in [2.45, 2.75) is 50.8 Å². The van der Waals surface area contributed by atoms with E-state index in [-0.39, 0.29) is 117 Å². The molecule has 20 nitrogen and oxygen atoms in total. The van der Waals surface area contributed by atoms with Crippen molar-refractivity contribution in [2.75, 3.05) is 98.9 Å². The third-order valence-corrected chi connectivity index (χ3v) is 9.41. The standard InChI is InChI=1S/C34H61N8O12PS/c1-55(47,56)54-29-8-6-28(7-9-29)33(45)41-23-27-4-2-26(3-5-27)22-30(34(46)40-12-15-50-18-21-53-37)42(24-31(43)38-10-13-48-16-19-51-35)25-32(44)39-11-14-49-17-20-52-36/h2-5,28-30H,6-25,35-37H2,1H3,(H,38,43)(H,39,44)(H,40,46)(H,41,45)(H,47,56)/t28?,29?,30-,55?/m1/s1. The number of amides is 4. The molecular weight excluding hydrogens is 775 g/mol. The van der Waals surface area contributed by atoms with E-state index < -0.39 is 30.3 Å². The van der Waals surface area contributed by atoms with Gasteiger partial charge in [-0.15, -0.1) is 0 Å². The molecule has 0 heterocycles. The Morgan fingerprint density at radius 2 is 1.20 bits per heavy atom. The fourth-order valence-electron chi connectivity index (χ4n) is 5.72. The molecule has 0 bridgehead atoms. The van der Waals surface area contributed by atoms with Crippen molar-refractivity contribution in [3.63, 3.8) is 0 Å². The van der Waals surface area contributed by atoms with E-state index in [2.05, 4.69) is 35.8 Å². The normalized spacial score (nSPS) is 17.2. The molecule has 0 radical (unpaired) electrons. The minimum atomic E-state index is -2.76. The molecule has 2 rings (SSSR count). The van der Waals surface area contributed by atoms with Crippen molar-refractivity contribution in [3.05, 3.63) is 35.4 Å². The van der Waals surface area contributed by atoms with Gasteiger partial charge in [-0.3, -0.25) is 24.1 Å². The molecule has 0 aliphatic heterocycles. The van der Waals surface area contributed by atoms with Gasteiger partial charge in [-0.1, -0.05) is 24.3 Å². The van der Waals surface area contributed by atoms with E-state index in [1.807, 2.05) is 24.3 Å². The van der Waals surface area contributed by atoms with Gasteiger partial charge in [0.2, 0.25) is 23.6 Å². The molecule has 11 N–H and O–H groups in total. The molecule has 0 aromatic heterocycles. The van der Waals surface area contributed by atoms with Gasteiger partial charge in [0.25, 0.3) is 0 Å². The van der Waals surface area contributed by atoms with Crippen LogP contribution in [0.25, 0.3) is 0 Å². The SMILES string of the molecule is CP(O)(=S)OC1CCC(C(=O)NCc2ccc(C[C@H](C(=O)NCCOCCON)N(CC(=O)NCCOCCON)CC(=O)NCCOCCON)cc2)CC1. The highest BCUT2D eigenvalue weighted by Gasteiger charge is 2.30. The minimum absolute atomic E-state index is 0.0526. The molecule has 4 amide bonds. The number of ether oxygens (including phenoxy) is 3. The molecule has 56 heavy (non-hydrogen) atoms. The Balaban J connectivity index is 2.13. The molecule has 1 saturated carbocycles. The first-order valence-electron chi connectivity index (χ1n) is 18.5. The highest BCUT2D eigenvalue weighted by atomic mass is 32.5. The average Bonchev–Trinajstić information content (AvgIpc) is 3.16. The highest BCUT2D eigenvalue weighted by Crippen LogP contribution is 2.42. The summed E-state index contributed by atoms with van der Waals surface area (Å²) in [5.74, 6) is 13.6. The van der Waals surface area contributed by atoms with Crippen LogP contribution in [0.15, 0.2) is 24.3 Å². The second-order valence-electron chi connectivity index (χ2n) is 13.0. The van der Waals surface area contributed by atoms with Crippen molar-refractivity contribution in [3.8, 4) is 0 Å². The molecule has 1 aromatic rings. The quantitative estimate of drug-likeness (QED) is 0.0230. The molecule has 320 valence electrons. The highest BCUT2D eigenvalue weighted by molar-refractivity contribution is 8.09. The fourth-order valence-corrected chi connectivity index (χ4v) is 6.85. The van der Waals surface area contributed by atoms with Crippen LogP contribution in [0.3, 0.4) is 0 Å². The van der Waals surface area contributed by atoms with Gasteiger partial charge in [-0.05, 0) is 55.0 Å². The van der Waals surface area contributed by atoms with Gasteiger partial charge in [0.05, 0.1) is 84.7 Å². The number of carbonyl (C=O) groups excluding carboxylic acids is 4. The first-order valence-corrected chi connectivity index (χ1v) is 21.6. The van der Waals surface area contributed by atoms with Gasteiger partial charge < -0.3 is 59.4 Å². The van der Waals surface area contributed by atoms with Crippen LogP contribution in [0, 0.1) is 5.92 Å². The number of nitrogens with one attached hydrogen (secondary N) is 4. The topological polar surface area (TPSA) is 283 Å². The molecule has 1 aliphatic rings. The minimum Gasteiger partial charge on any atom is -0.377 e. The van der Waals surface area contributed by atoms with E-state index in [4.69, 9.17) is 48.2 Å². The zero-order chi connectivity index (χ0) is 41.0. The Morgan fingerprint density at radius 3 is 1.66 bits per heavy atom. The van der Waals surface area contributed by atoms with Crippen molar-refractivity contribution >= 4 is 41.9 Å². The Hall–Kier alpha value is -2.73. The Kier molecular flexibility index (Phi) is 26.0. The third-order valence-electron chi connectivity index (χ3n) is 8.46. The predicted octanol–water partition coefficient (Wildman–Crippen LogP) is -1.91. The van der Waals surface area contributed by atoms with Gasteiger partial charge in [-0.2, -0.15) is 0 Å². The number of carbonyl (C=O) groups is 4. The molecule has 1 aliphatic carbocycles. The van der Waals surface area contributed by atoms with Crippen molar-refractivity contribution in [1.29, 1.82) is 0 Å². The molecule has 1 unspecified atom stereocenters. The maximum absolute atomic E-state index is 13.8. The summed E-state index contributed by atoms with van der Waals surface area (Å²) in [6.45, 7) is 0.926. The van der Waals surface area contributed by atoms with Crippen LogP contribution in [0.2, 0.25) is 0 Å². The van der Waals surface area contributed by atoms with E-state index in [0.29, 0.717) is 32.2 Å². The van der Waals surface area contributed by atoms with Crippen LogP contribution in [-0.2, 0) is 77.2 Å². The average molecular weight is 837 g/mol. The van der Waals surface area contributed by atoms with Crippen molar-refractivity contribution < 1.29 is 57.3 Å². The summed E-state index contributed by atoms with van der Waals surface area (Å²) in [7, 11) is 0. The van der Waals surface area contributed by atoms with E-state index in [1.54, 1.807) is 0 Å². The molecule has 1 fully saturated rings. The van der Waals surface area contributed by atoms with E-state index >= 15 is 0 Å². The first-order chi connectivity index (χ1) is 26.9. The van der Waals surface area contributed by atoms with Crippen LogP contribution in [-0.4, -0.2) is 144 Å². The lowest BCUT2D eigenvalue weighted by Gasteiger charge is -2.30. The Morgan fingerprint density at radius 1 is 0.732 bits per heavy atom. The molecule has 0 saturated heterocycles. The van der Waals surface area contributed by atoms with Crippen LogP contribution >= 0.6 is 6.49 Å². The van der Waals surface area contributed by atoms with Crippen LogP contribution in [0.5, 0.6) is 0 Å². The predicted molar refractivity (Wildman–Crippen MR) is 209 cm³/mol. The number of nitrogens with zero attached hydrogens (tertiary/aromatic N) is 1. The Labute approximate surface area is 333 Å². The summed E-state index contributed by atoms with van der Waals surface area (Å²) in [5.41, 5.74) is 1.61. The largest absolute Gasteiger partial charge is 0.377 e. The van der Waals surface area contributed by atoms with Crippen LogP contribution in [0.4, 0.5) is 0 Å². The summed E-state index contributed by atoms with van der Waals surface area (Å²) in [6.07, 6.45) is 2.62. The number of nitrogens with two attached hydrogens (primary N) is 3. The number of hydrogen-bond acceptors (Lipinski definition) is 16. The summed E-state index contributed by atoms with van der Waals surface area (Å²) in [6, 6.07) is 6.44. The van der Waals surface area contributed by atoms with Gasteiger partial charge in [-0.25, -0.2) is 17.7 Å². The van der Waals surface area contributed by atoms with Gasteiger partial charge >= 0.3 is 0 Å². The lowest BCUT2D eigenvalue weighted by Crippen LogP contribution is -2.54. The van der Waals surface area contributed by atoms with Crippen LogP contribution < -0.4 is 39.0 Å². The molecular formula is C34H61N8O12PS. The second kappa shape index (κ2) is 29.5. The van der Waals surface area contributed by atoms with E-state index in [9.17, 15) is 24.1 Å². The molecule has 0 spiro atoms. The fraction of sp³-hybridized carbons (Fsp3) is 0.706. The summed E-state index contributed by atoms with van der Waals surface area (Å²) in [5, 5.41) is 11.3. The summed E-state index contributed by atoms with van der Waals surface area (Å²) < 4.78 is 21.7. The lowest BCUT2D eigenvalue weighted by molar-refractivity contribution is -0.132. The number of benzene rings is 1. The first kappa shape index (κ1) is 49.4. The zero-order valence-electron chi connectivity index (χ0n) is 32.2. The van der Waals surface area contributed by atoms with E-state index in [0.717, 1.165) is 11.1 Å². The summed E-state index contributed by atoms with van der Waals surface area (Å²) in [4.78, 5) is 77.8. The summed E-state index contributed by atoms with van der Waals surface area (Å²) >= 11 is 5.00. The van der Waals surface area contributed by atoms with Crippen molar-refractivity contribution in [2.24, 2.45) is 23.6 Å². The second-order valence-corrected chi connectivity index (χ2v) is 16.8. The van der Waals surface area contributed by atoms with Gasteiger partial charge in [0.1, 0.15) is 0 Å². The maximum atomic E-state index is 13.8. The van der Waals surface area contributed by atoms with Gasteiger partial charge in [0, 0.05) is 38.8 Å². The smallest absolute Gasteiger partial charge is 0.237 e. The number of hydrogen-bond donors (Lipinski definition) is 8.